The quantitative estimate of drug-likeness (QED) is 0.269. The van der Waals surface area contributed by atoms with E-state index in [1.165, 1.54) is 12.8 Å². The molecule has 1 aliphatic heterocycles. The molecular weight excluding hydrogens is 216 g/mol. The number of ether oxygens (including phenoxy) is 2. The molecule has 0 bridgehead atoms. The molecule has 0 amide bonds. The van der Waals surface area contributed by atoms with Crippen molar-refractivity contribution >= 4 is 5.97 Å². The minimum atomic E-state index is -0.243. The van der Waals surface area contributed by atoms with Gasteiger partial charge >= 0.3 is 5.97 Å². The zero-order valence-corrected chi connectivity index (χ0v) is 11.0. The van der Waals surface area contributed by atoms with Gasteiger partial charge in [0.2, 0.25) is 0 Å². The van der Waals surface area contributed by atoms with Crippen LogP contribution in [0.2, 0.25) is 0 Å². The number of carbonyl (C=O) groups excluding carboxylic acids is 1. The number of hydrogen-bond donors (Lipinski definition) is 0. The molecule has 0 aliphatic carbocycles. The third kappa shape index (κ3) is 5.87. The molecule has 0 N–H and O–H groups in total. The molecule has 0 radical (unpaired) electrons. The second-order valence-corrected chi connectivity index (χ2v) is 4.79. The highest BCUT2D eigenvalue weighted by Gasteiger charge is 2.28. The Bertz CT molecular complexity index is 256. The van der Waals surface area contributed by atoms with Crippen LogP contribution in [0.15, 0.2) is 12.2 Å². The van der Waals surface area contributed by atoms with E-state index in [0.717, 1.165) is 19.4 Å². The van der Waals surface area contributed by atoms with Gasteiger partial charge in [0, 0.05) is 5.57 Å². The first-order valence-corrected chi connectivity index (χ1v) is 6.61. The summed E-state index contributed by atoms with van der Waals surface area (Å²) in [5.41, 5.74) is 0.560. The maximum Gasteiger partial charge on any atom is 0.333 e. The van der Waals surface area contributed by atoms with E-state index in [-0.39, 0.29) is 5.97 Å². The number of epoxide rings is 1. The lowest BCUT2D eigenvalue weighted by Gasteiger charge is -2.08. The first-order valence-electron chi connectivity index (χ1n) is 6.61. The summed E-state index contributed by atoms with van der Waals surface area (Å²) >= 11 is 0. The van der Waals surface area contributed by atoms with E-state index in [4.69, 9.17) is 9.47 Å². The van der Waals surface area contributed by atoms with Crippen molar-refractivity contribution in [2.45, 2.75) is 52.1 Å². The number of unbranched alkanes of at least 4 members (excludes halogenated alkanes) is 2. The first-order chi connectivity index (χ1) is 8.15. The molecule has 0 saturated carbocycles. The van der Waals surface area contributed by atoms with Gasteiger partial charge in [0.15, 0.2) is 0 Å². The third-order valence-electron chi connectivity index (χ3n) is 3.25. The summed E-state index contributed by atoms with van der Waals surface area (Å²) in [6.45, 7) is 9.26. The van der Waals surface area contributed by atoms with Crippen molar-refractivity contribution in [3.8, 4) is 0 Å². The largest absolute Gasteiger partial charge is 0.462 e. The fourth-order valence-corrected chi connectivity index (χ4v) is 1.73. The van der Waals surface area contributed by atoms with E-state index < -0.39 is 0 Å². The predicted molar refractivity (Wildman–Crippen MR) is 67.8 cm³/mol. The highest BCUT2D eigenvalue weighted by molar-refractivity contribution is 5.87. The van der Waals surface area contributed by atoms with Gasteiger partial charge < -0.3 is 9.47 Å². The number of hydrogen-bond acceptors (Lipinski definition) is 3. The van der Waals surface area contributed by atoms with Crippen LogP contribution in [0.4, 0.5) is 0 Å². The van der Waals surface area contributed by atoms with Crippen LogP contribution in [-0.4, -0.2) is 25.3 Å². The van der Waals surface area contributed by atoms with Crippen LogP contribution in [0.5, 0.6) is 0 Å². The second-order valence-electron chi connectivity index (χ2n) is 4.79. The van der Waals surface area contributed by atoms with Crippen molar-refractivity contribution in [3.63, 3.8) is 0 Å². The molecule has 1 fully saturated rings. The minimum absolute atomic E-state index is 0.243. The molecule has 1 aliphatic rings. The van der Waals surface area contributed by atoms with Gasteiger partial charge in [-0.3, -0.25) is 0 Å². The lowest BCUT2D eigenvalue weighted by atomic mass is 10.0. The normalized spacial score (nSPS) is 19.8. The van der Waals surface area contributed by atoms with Crippen LogP contribution in [-0.2, 0) is 14.3 Å². The van der Waals surface area contributed by atoms with Gasteiger partial charge in [-0.15, -0.1) is 0 Å². The van der Waals surface area contributed by atoms with Gasteiger partial charge in [-0.05, 0) is 25.2 Å². The Morgan fingerprint density at radius 1 is 1.47 bits per heavy atom. The molecule has 1 saturated heterocycles. The highest BCUT2D eigenvalue weighted by atomic mass is 16.6. The van der Waals surface area contributed by atoms with Crippen LogP contribution in [0.3, 0.4) is 0 Å². The van der Waals surface area contributed by atoms with Crippen LogP contribution >= 0.6 is 0 Å². The molecule has 0 spiro atoms. The van der Waals surface area contributed by atoms with Gasteiger partial charge in [-0.1, -0.05) is 33.3 Å². The van der Waals surface area contributed by atoms with Crippen molar-refractivity contribution in [2.75, 3.05) is 13.2 Å². The average molecular weight is 240 g/mol. The molecule has 1 heterocycles. The molecule has 17 heavy (non-hydrogen) atoms. The molecule has 3 heteroatoms. The maximum absolute atomic E-state index is 11.3. The van der Waals surface area contributed by atoms with Gasteiger partial charge in [-0.25, -0.2) is 4.79 Å². The Hall–Kier alpha value is -0.830. The summed E-state index contributed by atoms with van der Waals surface area (Å²) in [7, 11) is 0. The van der Waals surface area contributed by atoms with Crippen LogP contribution < -0.4 is 0 Å². The maximum atomic E-state index is 11.3. The first kappa shape index (κ1) is 14.2. The lowest BCUT2D eigenvalue weighted by Crippen LogP contribution is -2.08. The number of rotatable bonds is 9. The summed E-state index contributed by atoms with van der Waals surface area (Å²) in [5.74, 6) is 0.435. The number of carbonyl (C=O) groups is 1. The van der Waals surface area contributed by atoms with Crippen LogP contribution in [0.1, 0.15) is 46.0 Å². The summed E-state index contributed by atoms with van der Waals surface area (Å²) in [6, 6.07) is 0. The number of esters is 1. The minimum Gasteiger partial charge on any atom is -0.462 e. The van der Waals surface area contributed by atoms with Crippen molar-refractivity contribution in [2.24, 2.45) is 5.92 Å². The fourth-order valence-electron chi connectivity index (χ4n) is 1.73. The SMILES string of the molecule is C=C(CC)C(=O)OCCCCCC(C)C1CO1. The van der Waals surface area contributed by atoms with Gasteiger partial charge in [-0.2, -0.15) is 0 Å². The third-order valence-corrected chi connectivity index (χ3v) is 3.25. The van der Waals surface area contributed by atoms with E-state index in [0.29, 0.717) is 30.6 Å². The Morgan fingerprint density at radius 3 is 2.76 bits per heavy atom. The van der Waals surface area contributed by atoms with Crippen molar-refractivity contribution in [1.82, 2.24) is 0 Å². The van der Waals surface area contributed by atoms with E-state index in [9.17, 15) is 4.79 Å². The summed E-state index contributed by atoms with van der Waals surface area (Å²) in [6.07, 6.45) is 5.63. The molecule has 2 atom stereocenters. The summed E-state index contributed by atoms with van der Waals surface area (Å²) in [5, 5.41) is 0. The Morgan fingerprint density at radius 2 is 2.18 bits per heavy atom. The highest BCUT2D eigenvalue weighted by Crippen LogP contribution is 2.24. The predicted octanol–water partition coefficient (Wildman–Crippen LogP) is 3.09. The zero-order chi connectivity index (χ0) is 12.7. The van der Waals surface area contributed by atoms with E-state index in [1.807, 2.05) is 6.92 Å². The fraction of sp³-hybridized carbons (Fsp3) is 0.786. The molecule has 0 aromatic heterocycles. The van der Waals surface area contributed by atoms with E-state index in [1.54, 1.807) is 0 Å². The smallest absolute Gasteiger partial charge is 0.333 e. The second kappa shape index (κ2) is 7.49. The molecule has 0 aromatic rings. The molecular formula is C14H24O3. The van der Waals surface area contributed by atoms with E-state index in [2.05, 4.69) is 13.5 Å². The topological polar surface area (TPSA) is 38.8 Å². The molecule has 1 rings (SSSR count). The average Bonchev–Trinajstić information content (AvgIpc) is 3.15. The Labute approximate surface area is 104 Å². The molecule has 0 aromatic carbocycles. The van der Waals surface area contributed by atoms with Crippen molar-refractivity contribution in [3.05, 3.63) is 12.2 Å². The van der Waals surface area contributed by atoms with Gasteiger partial charge in [0.05, 0.1) is 19.3 Å². The van der Waals surface area contributed by atoms with Crippen molar-refractivity contribution < 1.29 is 14.3 Å². The van der Waals surface area contributed by atoms with Gasteiger partial charge in [0.25, 0.3) is 0 Å². The monoisotopic (exact) mass is 240 g/mol. The summed E-state index contributed by atoms with van der Waals surface area (Å²) in [4.78, 5) is 11.3. The molecule has 2 unspecified atom stereocenters. The molecule has 3 nitrogen and oxygen atoms in total. The lowest BCUT2D eigenvalue weighted by molar-refractivity contribution is -0.139. The standard InChI is InChI=1S/C14H24O3/c1-4-11(2)14(15)16-9-7-5-6-8-12(3)13-10-17-13/h12-13H,2,4-10H2,1,3H3. The summed E-state index contributed by atoms with van der Waals surface area (Å²) < 4.78 is 10.3. The van der Waals surface area contributed by atoms with E-state index >= 15 is 0 Å². The van der Waals surface area contributed by atoms with Crippen molar-refractivity contribution in [1.29, 1.82) is 0 Å². The zero-order valence-electron chi connectivity index (χ0n) is 11.0. The Kier molecular flexibility index (Phi) is 6.27. The Balaban J connectivity index is 1.90. The van der Waals surface area contributed by atoms with Crippen LogP contribution in [0, 0.1) is 5.92 Å². The molecule has 98 valence electrons. The van der Waals surface area contributed by atoms with Crippen LogP contribution in [0.25, 0.3) is 0 Å². The van der Waals surface area contributed by atoms with Gasteiger partial charge in [0.1, 0.15) is 0 Å².